The standard InChI is InChI=1S/C19H34FN3OS/c20-15-8-6-13(7-9-15)16-10-22-19(23-16)25-12-18-21-11-17(24-18)14-4-2-1-3-5-14/h13-19,21-23H,1-12H2. The van der Waals surface area contributed by atoms with Crippen molar-refractivity contribution in [1.29, 1.82) is 0 Å². The molecule has 0 amide bonds. The lowest BCUT2D eigenvalue weighted by Crippen LogP contribution is -2.38. The zero-order valence-electron chi connectivity index (χ0n) is 15.2. The number of halogens is 1. The van der Waals surface area contributed by atoms with Crippen LogP contribution in [0, 0.1) is 11.8 Å². The molecule has 6 heteroatoms. The number of thioether (sulfide) groups is 1. The highest BCUT2D eigenvalue weighted by Gasteiger charge is 2.35. The molecule has 2 heterocycles. The van der Waals surface area contributed by atoms with Gasteiger partial charge in [-0.1, -0.05) is 19.3 Å². The molecular formula is C19H34FN3OS. The van der Waals surface area contributed by atoms with Crippen LogP contribution in [0.15, 0.2) is 0 Å². The van der Waals surface area contributed by atoms with Gasteiger partial charge >= 0.3 is 0 Å². The lowest BCUT2D eigenvalue weighted by Gasteiger charge is -2.29. The topological polar surface area (TPSA) is 45.3 Å². The molecule has 0 radical (unpaired) electrons. The van der Waals surface area contributed by atoms with E-state index >= 15 is 0 Å². The Hall–Kier alpha value is 0.120. The molecule has 0 bridgehead atoms. The lowest BCUT2D eigenvalue weighted by atomic mass is 9.83. The first kappa shape index (κ1) is 18.5. The van der Waals surface area contributed by atoms with E-state index in [1.807, 2.05) is 11.8 Å². The summed E-state index contributed by atoms with van der Waals surface area (Å²) in [4.78, 5) is 0. The summed E-state index contributed by atoms with van der Waals surface area (Å²) in [6, 6.07) is 0.512. The SMILES string of the molecule is FC1CCC(C2CNC(SCC3NCC(C4CCCCC4)O3)N2)CC1. The zero-order chi connectivity index (χ0) is 17.1. The maximum Gasteiger partial charge on any atom is 0.117 e. The highest BCUT2D eigenvalue weighted by atomic mass is 32.2. The van der Waals surface area contributed by atoms with Crippen LogP contribution >= 0.6 is 11.8 Å². The Labute approximate surface area is 155 Å². The maximum absolute atomic E-state index is 13.3. The van der Waals surface area contributed by atoms with Gasteiger partial charge in [-0.05, 0) is 50.4 Å². The van der Waals surface area contributed by atoms with Crippen LogP contribution in [0.1, 0.15) is 57.8 Å². The molecule has 0 aromatic heterocycles. The van der Waals surface area contributed by atoms with Crippen LogP contribution in [0.4, 0.5) is 4.39 Å². The van der Waals surface area contributed by atoms with Gasteiger partial charge in [-0.25, -0.2) is 4.39 Å². The number of hydrogen-bond donors (Lipinski definition) is 3. The average Bonchev–Trinajstić information content (AvgIpc) is 3.31. The van der Waals surface area contributed by atoms with Crippen molar-refractivity contribution in [3.8, 4) is 0 Å². The van der Waals surface area contributed by atoms with Gasteiger partial charge in [0.05, 0.1) is 6.10 Å². The third-order valence-corrected chi connectivity index (χ3v) is 7.77. The first-order valence-electron chi connectivity index (χ1n) is 10.4. The fraction of sp³-hybridized carbons (Fsp3) is 1.00. The second-order valence-corrected chi connectivity index (χ2v) is 9.51. The van der Waals surface area contributed by atoms with Crippen LogP contribution in [0.5, 0.6) is 0 Å². The summed E-state index contributed by atoms with van der Waals surface area (Å²) in [5.74, 6) is 2.40. The van der Waals surface area contributed by atoms with Crippen LogP contribution in [-0.2, 0) is 4.74 Å². The number of ether oxygens (including phenoxy) is 1. The molecule has 4 fully saturated rings. The van der Waals surface area contributed by atoms with Crippen molar-refractivity contribution >= 4 is 11.8 Å². The monoisotopic (exact) mass is 371 g/mol. The van der Waals surface area contributed by atoms with Gasteiger partial charge in [0.1, 0.15) is 17.9 Å². The molecule has 4 atom stereocenters. The van der Waals surface area contributed by atoms with E-state index in [1.54, 1.807) is 0 Å². The molecule has 25 heavy (non-hydrogen) atoms. The highest BCUT2D eigenvalue weighted by molar-refractivity contribution is 7.99. The fourth-order valence-electron chi connectivity index (χ4n) is 5.06. The maximum atomic E-state index is 13.3. The molecule has 2 saturated carbocycles. The molecule has 4 nitrogen and oxygen atoms in total. The smallest absolute Gasteiger partial charge is 0.117 e. The van der Waals surface area contributed by atoms with Crippen LogP contribution in [-0.4, -0.2) is 48.9 Å². The van der Waals surface area contributed by atoms with E-state index in [4.69, 9.17) is 4.74 Å². The average molecular weight is 372 g/mol. The van der Waals surface area contributed by atoms with E-state index in [9.17, 15) is 4.39 Å². The molecule has 2 aliphatic heterocycles. The van der Waals surface area contributed by atoms with Crippen molar-refractivity contribution in [3.63, 3.8) is 0 Å². The molecule has 0 aromatic carbocycles. The normalized spacial score (nSPS) is 43.6. The van der Waals surface area contributed by atoms with Crippen LogP contribution in [0.3, 0.4) is 0 Å². The summed E-state index contributed by atoms with van der Waals surface area (Å²) in [5.41, 5.74) is 0.312. The van der Waals surface area contributed by atoms with Gasteiger partial charge in [-0.2, -0.15) is 0 Å². The Morgan fingerprint density at radius 3 is 2.48 bits per heavy atom. The van der Waals surface area contributed by atoms with Crippen molar-refractivity contribution in [1.82, 2.24) is 16.0 Å². The Balaban J connectivity index is 1.15. The molecule has 3 N–H and O–H groups in total. The van der Waals surface area contributed by atoms with Crippen molar-refractivity contribution < 1.29 is 9.13 Å². The summed E-state index contributed by atoms with van der Waals surface area (Å²) in [5, 5.41) is 10.9. The Morgan fingerprint density at radius 1 is 0.880 bits per heavy atom. The zero-order valence-corrected chi connectivity index (χ0v) is 16.0. The van der Waals surface area contributed by atoms with E-state index in [1.165, 1.54) is 32.1 Å². The predicted octanol–water partition coefficient (Wildman–Crippen LogP) is 2.99. The van der Waals surface area contributed by atoms with E-state index in [0.29, 0.717) is 23.6 Å². The fourth-order valence-corrected chi connectivity index (χ4v) is 6.11. The van der Waals surface area contributed by atoms with Crippen molar-refractivity contribution in [2.24, 2.45) is 11.8 Å². The Bertz CT molecular complexity index is 415. The van der Waals surface area contributed by atoms with Gasteiger partial charge in [0.25, 0.3) is 0 Å². The molecule has 4 unspecified atom stereocenters. The van der Waals surface area contributed by atoms with E-state index in [-0.39, 0.29) is 6.23 Å². The van der Waals surface area contributed by atoms with Crippen LogP contribution < -0.4 is 16.0 Å². The van der Waals surface area contributed by atoms with Crippen molar-refractivity contribution in [2.45, 2.75) is 87.8 Å². The minimum Gasteiger partial charge on any atom is -0.358 e. The lowest BCUT2D eigenvalue weighted by molar-refractivity contribution is 0.0111. The van der Waals surface area contributed by atoms with Gasteiger partial charge in [0.2, 0.25) is 0 Å². The third kappa shape index (κ3) is 4.89. The van der Waals surface area contributed by atoms with E-state index < -0.39 is 6.17 Å². The summed E-state index contributed by atoms with van der Waals surface area (Å²) in [6.45, 7) is 2.04. The molecule has 0 spiro atoms. The van der Waals surface area contributed by atoms with Crippen LogP contribution in [0.25, 0.3) is 0 Å². The van der Waals surface area contributed by atoms with Gasteiger partial charge in [-0.15, -0.1) is 11.8 Å². The highest BCUT2D eigenvalue weighted by Crippen LogP contribution is 2.32. The molecule has 4 aliphatic rings. The molecular weight excluding hydrogens is 337 g/mol. The molecule has 2 aliphatic carbocycles. The molecule has 2 saturated heterocycles. The summed E-state index contributed by atoms with van der Waals surface area (Å²) in [7, 11) is 0. The predicted molar refractivity (Wildman–Crippen MR) is 101 cm³/mol. The number of alkyl halides is 1. The largest absolute Gasteiger partial charge is 0.358 e. The van der Waals surface area contributed by atoms with Gasteiger partial charge in [-0.3, -0.25) is 16.0 Å². The van der Waals surface area contributed by atoms with Crippen molar-refractivity contribution in [3.05, 3.63) is 0 Å². The van der Waals surface area contributed by atoms with Gasteiger partial charge in [0, 0.05) is 24.9 Å². The van der Waals surface area contributed by atoms with Crippen LogP contribution in [0.2, 0.25) is 0 Å². The van der Waals surface area contributed by atoms with Crippen molar-refractivity contribution in [2.75, 3.05) is 18.8 Å². The Kier molecular flexibility index (Phi) is 6.56. The number of hydrogen-bond acceptors (Lipinski definition) is 5. The first-order valence-corrected chi connectivity index (χ1v) is 11.5. The molecule has 4 rings (SSSR count). The molecule has 0 aromatic rings. The van der Waals surface area contributed by atoms with Gasteiger partial charge < -0.3 is 4.74 Å². The Morgan fingerprint density at radius 2 is 1.68 bits per heavy atom. The summed E-state index contributed by atoms with van der Waals surface area (Å²) in [6.07, 6.45) is 10.5. The van der Waals surface area contributed by atoms with Gasteiger partial charge in [0.15, 0.2) is 0 Å². The minimum atomic E-state index is -0.557. The molecule has 144 valence electrons. The first-order chi connectivity index (χ1) is 12.3. The van der Waals surface area contributed by atoms with E-state index in [0.717, 1.165) is 50.4 Å². The van der Waals surface area contributed by atoms with E-state index in [2.05, 4.69) is 16.0 Å². The summed E-state index contributed by atoms with van der Waals surface area (Å²) >= 11 is 1.91. The third-order valence-electron chi connectivity index (χ3n) is 6.63. The summed E-state index contributed by atoms with van der Waals surface area (Å²) < 4.78 is 19.6. The number of rotatable bonds is 5. The number of nitrogens with one attached hydrogen (secondary N) is 3. The quantitative estimate of drug-likeness (QED) is 0.693. The minimum absolute atomic E-state index is 0.196. The second-order valence-electron chi connectivity index (χ2n) is 8.38. The second kappa shape index (κ2) is 8.87.